The molecule has 118 valence electrons. The molecule has 1 unspecified atom stereocenters. The summed E-state index contributed by atoms with van der Waals surface area (Å²) < 4.78 is 5.29. The van der Waals surface area contributed by atoms with Gasteiger partial charge in [-0.2, -0.15) is 0 Å². The number of alkyl halides is 1. The van der Waals surface area contributed by atoms with Gasteiger partial charge in [0.1, 0.15) is 0 Å². The van der Waals surface area contributed by atoms with Gasteiger partial charge in [0.05, 0.1) is 24.9 Å². The molecule has 0 saturated carbocycles. The van der Waals surface area contributed by atoms with Crippen LogP contribution >= 0.6 is 15.9 Å². The highest BCUT2D eigenvalue weighted by molar-refractivity contribution is 9.09. The molecule has 0 aliphatic carbocycles. The molecule has 2 aromatic carbocycles. The van der Waals surface area contributed by atoms with E-state index in [1.165, 1.54) is 0 Å². The number of hydrogen-bond acceptors (Lipinski definition) is 3. The minimum Gasteiger partial charge on any atom is -0.478 e. The topological polar surface area (TPSA) is 66.8 Å². The van der Waals surface area contributed by atoms with Gasteiger partial charge in [0, 0.05) is 5.33 Å². The Morgan fingerprint density at radius 3 is 2.05 bits per heavy atom. The molecule has 0 aliphatic heterocycles. The molecule has 4 nitrogen and oxygen atoms in total. The number of hydrogen-bond donors (Lipinski definition) is 2. The van der Waals surface area contributed by atoms with E-state index in [4.69, 9.17) is 14.9 Å². The van der Waals surface area contributed by atoms with Gasteiger partial charge >= 0.3 is 5.97 Å². The molecule has 0 fully saturated rings. The summed E-state index contributed by atoms with van der Waals surface area (Å²) in [6.45, 7) is 0.936. The van der Waals surface area contributed by atoms with Crippen LogP contribution in [0.2, 0.25) is 0 Å². The monoisotopic (exact) mass is 366 g/mol. The van der Waals surface area contributed by atoms with Crippen molar-refractivity contribution in [2.75, 3.05) is 11.9 Å². The van der Waals surface area contributed by atoms with E-state index >= 15 is 0 Å². The Kier molecular flexibility index (Phi) is 9.14. The second kappa shape index (κ2) is 11.0. The number of aliphatic hydroxyl groups excluding tert-OH is 1. The summed E-state index contributed by atoms with van der Waals surface area (Å²) in [6.07, 6.45) is -0.413. The summed E-state index contributed by atoms with van der Waals surface area (Å²) in [5.74, 6) is -0.879. The quantitative estimate of drug-likeness (QED) is 0.769. The predicted octanol–water partition coefficient (Wildman–Crippen LogP) is 3.34. The Labute approximate surface area is 138 Å². The lowest BCUT2D eigenvalue weighted by molar-refractivity contribution is 0.0403. The Bertz CT molecular complexity index is 531. The minimum atomic E-state index is -0.879. The van der Waals surface area contributed by atoms with Crippen LogP contribution in [0.5, 0.6) is 0 Å². The molecule has 0 bridgehead atoms. The van der Waals surface area contributed by atoms with Crippen molar-refractivity contribution in [1.29, 1.82) is 0 Å². The summed E-state index contributed by atoms with van der Waals surface area (Å²) in [5, 5.41) is 18.1. The molecule has 0 aromatic heterocycles. The second-order valence-electron chi connectivity index (χ2n) is 4.48. The number of aliphatic hydroxyl groups is 1. The molecule has 0 heterocycles. The van der Waals surface area contributed by atoms with Crippen molar-refractivity contribution >= 4 is 21.9 Å². The first-order valence-electron chi connectivity index (χ1n) is 6.77. The summed E-state index contributed by atoms with van der Waals surface area (Å²) in [6, 6.07) is 18.2. The average Bonchev–Trinajstić information content (AvgIpc) is 2.57. The fraction of sp³-hybridized carbons (Fsp3) is 0.235. The maximum Gasteiger partial charge on any atom is 0.335 e. The van der Waals surface area contributed by atoms with Crippen LogP contribution in [0.1, 0.15) is 15.9 Å². The van der Waals surface area contributed by atoms with E-state index in [1.807, 2.05) is 30.3 Å². The highest BCUT2D eigenvalue weighted by Crippen LogP contribution is 2.01. The molecule has 2 N–H and O–H groups in total. The first-order chi connectivity index (χ1) is 10.6. The summed E-state index contributed by atoms with van der Waals surface area (Å²) in [5.41, 5.74) is 1.46. The van der Waals surface area contributed by atoms with Crippen LogP contribution < -0.4 is 0 Å². The van der Waals surface area contributed by atoms with E-state index < -0.39 is 12.1 Å². The van der Waals surface area contributed by atoms with Crippen molar-refractivity contribution < 1.29 is 19.7 Å². The summed E-state index contributed by atoms with van der Waals surface area (Å²) in [7, 11) is 0. The van der Waals surface area contributed by atoms with Gasteiger partial charge in [-0.1, -0.05) is 64.5 Å². The third kappa shape index (κ3) is 7.93. The Morgan fingerprint density at radius 1 is 1.05 bits per heavy atom. The van der Waals surface area contributed by atoms with E-state index in [1.54, 1.807) is 30.3 Å². The largest absolute Gasteiger partial charge is 0.478 e. The van der Waals surface area contributed by atoms with E-state index in [9.17, 15) is 4.79 Å². The lowest BCUT2D eigenvalue weighted by Gasteiger charge is -2.07. The van der Waals surface area contributed by atoms with Crippen molar-refractivity contribution in [1.82, 2.24) is 0 Å². The first-order valence-corrected chi connectivity index (χ1v) is 7.89. The molecule has 0 saturated heterocycles. The van der Waals surface area contributed by atoms with Crippen molar-refractivity contribution in [2.24, 2.45) is 0 Å². The van der Waals surface area contributed by atoms with Crippen LogP contribution in [-0.4, -0.2) is 34.2 Å². The number of carbonyl (C=O) groups is 1. The van der Waals surface area contributed by atoms with Gasteiger partial charge in [0.2, 0.25) is 0 Å². The predicted molar refractivity (Wildman–Crippen MR) is 89.3 cm³/mol. The van der Waals surface area contributed by atoms with Crippen LogP contribution in [0, 0.1) is 0 Å². The van der Waals surface area contributed by atoms with Crippen LogP contribution in [0.25, 0.3) is 0 Å². The normalized spacial score (nSPS) is 11.2. The first kappa shape index (κ1) is 18.4. The molecule has 2 rings (SSSR count). The number of carboxylic acids is 1. The summed E-state index contributed by atoms with van der Waals surface area (Å²) >= 11 is 3.17. The number of rotatable bonds is 6. The second-order valence-corrected chi connectivity index (χ2v) is 5.13. The van der Waals surface area contributed by atoms with Crippen molar-refractivity contribution in [3.8, 4) is 0 Å². The number of carboxylic acid groups (broad SMARTS) is 1. The number of halogens is 1. The van der Waals surface area contributed by atoms with Gasteiger partial charge in [-0.3, -0.25) is 0 Å². The Morgan fingerprint density at radius 2 is 1.59 bits per heavy atom. The zero-order valence-corrected chi connectivity index (χ0v) is 13.6. The molecule has 1 atom stereocenters. The third-order valence-corrected chi connectivity index (χ3v) is 3.37. The number of benzene rings is 2. The average molecular weight is 367 g/mol. The Balaban J connectivity index is 0.000000235. The van der Waals surface area contributed by atoms with Crippen molar-refractivity contribution in [3.05, 3.63) is 71.8 Å². The van der Waals surface area contributed by atoms with E-state index in [2.05, 4.69) is 15.9 Å². The number of aromatic carboxylic acids is 1. The van der Waals surface area contributed by atoms with Gasteiger partial charge in [0.15, 0.2) is 0 Å². The Hall–Kier alpha value is -1.69. The number of ether oxygens (including phenoxy) is 1. The fourth-order valence-corrected chi connectivity index (χ4v) is 1.70. The molecule has 0 amide bonds. The third-order valence-electron chi connectivity index (χ3n) is 2.62. The summed E-state index contributed by atoms with van der Waals surface area (Å²) in [4.78, 5) is 10.2. The zero-order chi connectivity index (χ0) is 16.2. The minimum absolute atomic E-state index is 0.331. The van der Waals surface area contributed by atoms with Crippen LogP contribution in [0.4, 0.5) is 0 Å². The smallest absolute Gasteiger partial charge is 0.335 e. The van der Waals surface area contributed by atoms with Gasteiger partial charge in [-0.25, -0.2) is 4.79 Å². The van der Waals surface area contributed by atoms with Crippen LogP contribution in [0.15, 0.2) is 60.7 Å². The van der Waals surface area contributed by atoms with Gasteiger partial charge in [0.25, 0.3) is 0 Å². The molecular weight excluding hydrogens is 348 g/mol. The van der Waals surface area contributed by atoms with Crippen molar-refractivity contribution in [3.63, 3.8) is 0 Å². The van der Waals surface area contributed by atoms with Gasteiger partial charge in [-0.15, -0.1) is 0 Å². The lowest BCUT2D eigenvalue weighted by atomic mass is 10.2. The molecule has 5 heteroatoms. The highest BCUT2D eigenvalue weighted by atomic mass is 79.9. The van der Waals surface area contributed by atoms with E-state index in [0.29, 0.717) is 24.1 Å². The standard InChI is InChI=1S/C10H13BrO2.C7H6O2/c11-6-10(12)8-13-7-9-4-2-1-3-5-9;8-7(9)6-4-2-1-3-5-6/h1-5,10,12H,6-8H2;1-5H,(H,8,9). The van der Waals surface area contributed by atoms with Crippen LogP contribution in [-0.2, 0) is 11.3 Å². The fourth-order valence-electron chi connectivity index (χ4n) is 1.51. The molecule has 0 radical (unpaired) electrons. The molecule has 0 aliphatic rings. The van der Waals surface area contributed by atoms with E-state index in [-0.39, 0.29) is 0 Å². The molecule has 0 spiro atoms. The van der Waals surface area contributed by atoms with Gasteiger partial charge in [-0.05, 0) is 17.7 Å². The molecular formula is C17H19BrO4. The van der Waals surface area contributed by atoms with Crippen molar-refractivity contribution in [2.45, 2.75) is 12.7 Å². The van der Waals surface area contributed by atoms with E-state index in [0.717, 1.165) is 5.56 Å². The lowest BCUT2D eigenvalue weighted by Crippen LogP contribution is -2.16. The van der Waals surface area contributed by atoms with Gasteiger partial charge < -0.3 is 14.9 Å². The highest BCUT2D eigenvalue weighted by Gasteiger charge is 2.00. The SMILES string of the molecule is O=C(O)c1ccccc1.OC(CBr)COCc1ccccc1. The zero-order valence-electron chi connectivity index (χ0n) is 12.1. The maximum absolute atomic E-state index is 10.2. The van der Waals surface area contributed by atoms with Crippen LogP contribution in [0.3, 0.4) is 0 Å². The maximum atomic E-state index is 10.2. The molecule has 22 heavy (non-hydrogen) atoms. The molecule has 2 aromatic rings.